The molecule has 142 valence electrons. The average Bonchev–Trinajstić information content (AvgIpc) is 3.44. The summed E-state index contributed by atoms with van der Waals surface area (Å²) in [5, 5.41) is 0.388. The van der Waals surface area contributed by atoms with Gasteiger partial charge >= 0.3 is 0 Å². The molecule has 1 N–H and O–H groups in total. The fourth-order valence-electron chi connectivity index (χ4n) is 3.72. The van der Waals surface area contributed by atoms with Crippen molar-refractivity contribution in [1.82, 2.24) is 8.94 Å². The third-order valence-corrected chi connectivity index (χ3v) is 6.18. The quantitative estimate of drug-likeness (QED) is 0.568. The molecule has 0 radical (unpaired) electrons. The van der Waals surface area contributed by atoms with Crippen molar-refractivity contribution in [3.63, 3.8) is 0 Å². The maximum absolute atomic E-state index is 15.0. The molecule has 7 heteroatoms. The van der Waals surface area contributed by atoms with E-state index in [0.717, 1.165) is 24.1 Å². The van der Waals surface area contributed by atoms with Crippen LogP contribution in [-0.4, -0.2) is 23.0 Å². The Bertz CT molecular complexity index is 1360. The molecule has 5 rings (SSSR count). The van der Waals surface area contributed by atoms with E-state index in [1.54, 1.807) is 6.07 Å². The van der Waals surface area contributed by atoms with Crippen molar-refractivity contribution in [2.45, 2.75) is 18.9 Å². The van der Waals surface area contributed by atoms with Crippen molar-refractivity contribution in [2.24, 2.45) is 0 Å². The number of nitrogens with zero attached hydrogens (tertiary/aromatic N) is 2. The second-order valence-corrected chi connectivity index (χ2v) is 8.23. The van der Waals surface area contributed by atoms with Gasteiger partial charge in [-0.3, -0.25) is 14.0 Å². The molecule has 2 aromatic carbocycles. The average molecular weight is 395 g/mol. The summed E-state index contributed by atoms with van der Waals surface area (Å²) in [6.45, 7) is 0. The summed E-state index contributed by atoms with van der Waals surface area (Å²) in [5.74, 6) is -0.464. The van der Waals surface area contributed by atoms with E-state index in [4.69, 9.17) is 0 Å². The van der Waals surface area contributed by atoms with E-state index in [1.165, 1.54) is 17.6 Å². The fourth-order valence-corrected chi connectivity index (χ4v) is 4.64. The number of nitrogens with one attached hydrogen (secondary N) is 1. The van der Waals surface area contributed by atoms with Gasteiger partial charge in [0, 0.05) is 36.8 Å². The molecule has 0 spiro atoms. The number of aromatic nitrogens is 2. The van der Waals surface area contributed by atoms with Crippen LogP contribution in [0.15, 0.2) is 46.0 Å². The second kappa shape index (κ2) is 6.04. The molecule has 0 unspecified atom stereocenters. The Morgan fingerprint density at radius 1 is 1.18 bits per heavy atom. The van der Waals surface area contributed by atoms with Gasteiger partial charge in [0.1, 0.15) is 16.0 Å². The summed E-state index contributed by atoms with van der Waals surface area (Å²) >= 11 is 1.18. The zero-order valence-corrected chi connectivity index (χ0v) is 16.3. The summed E-state index contributed by atoms with van der Waals surface area (Å²) in [4.78, 5) is 27.7. The lowest BCUT2D eigenvalue weighted by molar-refractivity contribution is 0.632. The van der Waals surface area contributed by atoms with E-state index in [9.17, 15) is 9.59 Å². The first-order chi connectivity index (χ1) is 13.5. The molecule has 1 aliphatic rings. The molecule has 0 aliphatic heterocycles. The van der Waals surface area contributed by atoms with E-state index in [2.05, 4.69) is 4.37 Å². The third-order valence-electron chi connectivity index (χ3n) is 5.30. The van der Waals surface area contributed by atoms with Crippen LogP contribution in [0, 0.1) is 5.82 Å². The summed E-state index contributed by atoms with van der Waals surface area (Å²) < 4.78 is 19.7. The topological polar surface area (TPSA) is 58.1 Å². The minimum Gasteiger partial charge on any atom is -0.378 e. The van der Waals surface area contributed by atoms with Crippen LogP contribution in [0.25, 0.3) is 32.2 Å². The summed E-state index contributed by atoms with van der Waals surface area (Å²) in [7, 11) is 3.87. The van der Waals surface area contributed by atoms with Crippen LogP contribution < -0.4 is 15.9 Å². The predicted octanol–water partition coefficient (Wildman–Crippen LogP) is 4.11. The van der Waals surface area contributed by atoms with Crippen LogP contribution >= 0.6 is 11.5 Å². The van der Waals surface area contributed by atoms with Gasteiger partial charge in [0.05, 0.1) is 5.52 Å². The minimum atomic E-state index is -0.464. The van der Waals surface area contributed by atoms with Crippen LogP contribution in [0.4, 0.5) is 10.1 Å². The van der Waals surface area contributed by atoms with Gasteiger partial charge in [-0.05, 0) is 54.2 Å². The van der Waals surface area contributed by atoms with Gasteiger partial charge in [-0.25, -0.2) is 4.39 Å². The maximum atomic E-state index is 15.0. The molecule has 2 heterocycles. The van der Waals surface area contributed by atoms with Crippen LogP contribution in [0.5, 0.6) is 0 Å². The predicted molar refractivity (Wildman–Crippen MR) is 112 cm³/mol. The molecular formula is C21H18FN3O2S. The number of hydrogen-bond acceptors (Lipinski definition) is 4. The van der Waals surface area contributed by atoms with E-state index >= 15 is 4.39 Å². The van der Waals surface area contributed by atoms with E-state index in [-0.39, 0.29) is 16.8 Å². The Balaban J connectivity index is 1.87. The first-order valence-corrected chi connectivity index (χ1v) is 9.94. The summed E-state index contributed by atoms with van der Waals surface area (Å²) in [6.07, 6.45) is 1.98. The highest BCUT2D eigenvalue weighted by Gasteiger charge is 2.29. The van der Waals surface area contributed by atoms with Gasteiger partial charge in [-0.1, -0.05) is 12.1 Å². The van der Waals surface area contributed by atoms with Gasteiger partial charge < -0.3 is 9.47 Å². The van der Waals surface area contributed by atoms with E-state index < -0.39 is 16.8 Å². The molecule has 0 atom stereocenters. The first-order valence-electron chi connectivity index (χ1n) is 9.12. The third kappa shape index (κ3) is 2.50. The Morgan fingerprint density at radius 2 is 1.96 bits per heavy atom. The number of aromatic amines is 1. The molecule has 0 bridgehead atoms. The molecule has 1 aliphatic carbocycles. The number of benzene rings is 2. The van der Waals surface area contributed by atoms with E-state index in [0.29, 0.717) is 15.9 Å². The van der Waals surface area contributed by atoms with Gasteiger partial charge in [-0.15, -0.1) is 0 Å². The standard InChI is InChI=1S/C21H18FN3O2S/c1-24(2)13-5-3-4-11(8-13)14-10-17-15(9-16(14)22)19(26)18-20(27)23-28-21(18)25(17)12-6-7-12/h3-5,8-10,12H,6-7H2,1-2H3,(H,23,27). The highest BCUT2D eigenvalue weighted by Crippen LogP contribution is 2.41. The molecule has 28 heavy (non-hydrogen) atoms. The van der Waals surface area contributed by atoms with Gasteiger partial charge in [0.2, 0.25) is 5.43 Å². The number of rotatable bonds is 3. The Labute approximate surface area is 163 Å². The summed E-state index contributed by atoms with van der Waals surface area (Å²) in [5.41, 5.74) is 2.05. The molecule has 2 aromatic heterocycles. The largest absolute Gasteiger partial charge is 0.378 e. The lowest BCUT2D eigenvalue weighted by Gasteiger charge is -2.16. The van der Waals surface area contributed by atoms with Crippen LogP contribution in [0.3, 0.4) is 0 Å². The number of hydrogen-bond donors (Lipinski definition) is 1. The Hall–Kier alpha value is -2.93. The van der Waals surface area contributed by atoms with Gasteiger partial charge in [0.25, 0.3) is 5.56 Å². The lowest BCUT2D eigenvalue weighted by atomic mass is 10.0. The van der Waals surface area contributed by atoms with Crippen molar-refractivity contribution >= 4 is 38.3 Å². The van der Waals surface area contributed by atoms with Gasteiger partial charge in [-0.2, -0.15) is 0 Å². The molecule has 0 amide bonds. The molecule has 4 aromatic rings. The number of H-pyrrole nitrogens is 1. The van der Waals surface area contributed by atoms with Crippen molar-refractivity contribution in [1.29, 1.82) is 0 Å². The zero-order chi connectivity index (χ0) is 19.6. The number of pyridine rings is 1. The van der Waals surface area contributed by atoms with Crippen LogP contribution in [-0.2, 0) is 0 Å². The molecule has 1 fully saturated rings. The van der Waals surface area contributed by atoms with Crippen molar-refractivity contribution < 1.29 is 4.39 Å². The Morgan fingerprint density at radius 3 is 2.68 bits per heavy atom. The maximum Gasteiger partial charge on any atom is 0.271 e. The molecular weight excluding hydrogens is 377 g/mol. The number of fused-ring (bicyclic) bond motifs is 2. The highest BCUT2D eigenvalue weighted by molar-refractivity contribution is 7.12. The van der Waals surface area contributed by atoms with Crippen molar-refractivity contribution in [2.75, 3.05) is 19.0 Å². The smallest absolute Gasteiger partial charge is 0.271 e. The molecule has 1 saturated carbocycles. The zero-order valence-electron chi connectivity index (χ0n) is 15.5. The number of halogens is 1. The number of anilines is 1. The van der Waals surface area contributed by atoms with Crippen molar-refractivity contribution in [3.05, 3.63) is 62.8 Å². The minimum absolute atomic E-state index is 0.131. The lowest BCUT2D eigenvalue weighted by Crippen LogP contribution is -2.15. The normalized spacial score (nSPS) is 14.1. The first kappa shape index (κ1) is 17.2. The second-order valence-electron chi connectivity index (χ2n) is 7.44. The van der Waals surface area contributed by atoms with Crippen LogP contribution in [0.2, 0.25) is 0 Å². The van der Waals surface area contributed by atoms with E-state index in [1.807, 2.05) is 47.8 Å². The van der Waals surface area contributed by atoms with Gasteiger partial charge in [0.15, 0.2) is 0 Å². The summed E-state index contributed by atoms with van der Waals surface area (Å²) in [6, 6.07) is 10.9. The SMILES string of the molecule is CN(C)c1cccc(-c2cc3c(cc2F)c(=O)c2c(=O)[nH]sc2n3C2CC2)c1. The molecule has 0 saturated heterocycles. The monoisotopic (exact) mass is 395 g/mol. The Kier molecular flexibility index (Phi) is 3.71. The van der Waals surface area contributed by atoms with Crippen LogP contribution in [0.1, 0.15) is 18.9 Å². The fraction of sp³-hybridized carbons (Fsp3) is 0.238. The van der Waals surface area contributed by atoms with Crippen molar-refractivity contribution in [3.8, 4) is 11.1 Å². The molecule has 5 nitrogen and oxygen atoms in total. The highest BCUT2D eigenvalue weighted by atomic mass is 32.1.